The second-order valence-electron chi connectivity index (χ2n) is 4.37. The van der Waals surface area contributed by atoms with Crippen LogP contribution in [0.2, 0.25) is 0 Å². The Morgan fingerprint density at radius 3 is 2.94 bits per heavy atom. The molecule has 6 heteroatoms. The van der Waals surface area contributed by atoms with Gasteiger partial charge >= 0.3 is 0 Å². The van der Waals surface area contributed by atoms with Gasteiger partial charge in [0.15, 0.2) is 0 Å². The lowest BCUT2D eigenvalue weighted by Gasteiger charge is -2.28. The van der Waals surface area contributed by atoms with Crippen LogP contribution in [-0.2, 0) is 10.0 Å². The van der Waals surface area contributed by atoms with Gasteiger partial charge < -0.3 is 9.64 Å². The second-order valence-corrected chi connectivity index (χ2v) is 6.22. The minimum Gasteiger partial charge on any atom is -0.490 e. The Bertz CT molecular complexity index is 528. The van der Waals surface area contributed by atoms with Crippen LogP contribution in [0.4, 0.5) is 11.4 Å². The summed E-state index contributed by atoms with van der Waals surface area (Å²) >= 11 is 0. The van der Waals surface area contributed by atoms with Gasteiger partial charge in [-0.05, 0) is 24.6 Å². The highest BCUT2D eigenvalue weighted by molar-refractivity contribution is 7.92. The Hall–Kier alpha value is -1.43. The summed E-state index contributed by atoms with van der Waals surface area (Å²) in [5.41, 5.74) is 1.50. The zero-order valence-corrected chi connectivity index (χ0v) is 11.5. The van der Waals surface area contributed by atoms with E-state index in [1.807, 2.05) is 20.0 Å². The molecule has 1 N–H and O–H groups in total. The van der Waals surface area contributed by atoms with Crippen LogP contribution >= 0.6 is 0 Å². The number of ether oxygens (including phenoxy) is 1. The number of nitrogens with zero attached hydrogens (tertiary/aromatic N) is 1. The lowest BCUT2D eigenvalue weighted by molar-refractivity contribution is 0.311. The number of nitrogens with one attached hydrogen (secondary N) is 1. The Morgan fingerprint density at radius 1 is 1.44 bits per heavy atom. The first-order chi connectivity index (χ1) is 8.52. The fourth-order valence-corrected chi connectivity index (χ4v) is 3.04. The van der Waals surface area contributed by atoms with Crippen molar-refractivity contribution in [3.63, 3.8) is 0 Å². The van der Waals surface area contributed by atoms with E-state index in [0.717, 1.165) is 18.0 Å². The molecule has 18 heavy (non-hydrogen) atoms. The first-order valence-electron chi connectivity index (χ1n) is 6.00. The Kier molecular flexibility index (Phi) is 3.65. The maximum absolute atomic E-state index is 11.7. The predicted octanol–water partition coefficient (Wildman–Crippen LogP) is 1.67. The van der Waals surface area contributed by atoms with Crippen LogP contribution in [0, 0.1) is 0 Å². The van der Waals surface area contributed by atoms with E-state index in [1.165, 1.54) is 0 Å². The molecule has 0 amide bonds. The standard InChI is InChI=1S/C12H18N2O3S/c1-3-8-18(15,16)13-10-4-5-12-11(9-10)14(2)6-7-17-12/h4-5,9,13H,3,6-8H2,1-2H3. The summed E-state index contributed by atoms with van der Waals surface area (Å²) in [5.74, 6) is 0.929. The average Bonchev–Trinajstić information content (AvgIpc) is 2.29. The summed E-state index contributed by atoms with van der Waals surface area (Å²) in [7, 11) is -1.27. The van der Waals surface area contributed by atoms with Crippen molar-refractivity contribution in [2.24, 2.45) is 0 Å². The van der Waals surface area contributed by atoms with Gasteiger partial charge in [0.2, 0.25) is 10.0 Å². The van der Waals surface area contributed by atoms with Gasteiger partial charge in [-0.25, -0.2) is 8.42 Å². The van der Waals surface area contributed by atoms with Crippen molar-refractivity contribution in [2.45, 2.75) is 13.3 Å². The Balaban J connectivity index is 2.23. The van der Waals surface area contributed by atoms with E-state index >= 15 is 0 Å². The summed E-state index contributed by atoms with van der Waals surface area (Å²) in [6, 6.07) is 5.34. The maximum Gasteiger partial charge on any atom is 0.232 e. The molecule has 1 aromatic rings. The third kappa shape index (κ3) is 2.87. The molecule has 0 aliphatic carbocycles. The lowest BCUT2D eigenvalue weighted by Crippen LogP contribution is -2.28. The molecule has 1 heterocycles. The van der Waals surface area contributed by atoms with E-state index in [9.17, 15) is 8.42 Å². The van der Waals surface area contributed by atoms with Crippen molar-refractivity contribution in [3.05, 3.63) is 18.2 Å². The zero-order valence-electron chi connectivity index (χ0n) is 10.6. The molecule has 0 aromatic heterocycles. The van der Waals surface area contributed by atoms with Crippen molar-refractivity contribution in [3.8, 4) is 5.75 Å². The number of likely N-dealkylation sites (N-methyl/N-ethyl adjacent to an activating group) is 1. The van der Waals surface area contributed by atoms with Crippen LogP contribution in [0.3, 0.4) is 0 Å². The number of benzene rings is 1. The van der Waals surface area contributed by atoms with Crippen LogP contribution in [0.5, 0.6) is 5.75 Å². The highest BCUT2D eigenvalue weighted by Gasteiger charge is 2.16. The van der Waals surface area contributed by atoms with E-state index < -0.39 is 10.0 Å². The number of anilines is 2. The summed E-state index contributed by atoms with van der Waals surface area (Å²) in [6.07, 6.45) is 0.600. The van der Waals surface area contributed by atoms with Crippen molar-refractivity contribution < 1.29 is 13.2 Å². The molecule has 0 saturated carbocycles. The molecule has 5 nitrogen and oxygen atoms in total. The second kappa shape index (κ2) is 5.06. The van der Waals surface area contributed by atoms with E-state index in [1.54, 1.807) is 12.1 Å². The van der Waals surface area contributed by atoms with Gasteiger partial charge in [-0.3, -0.25) is 4.72 Å². The van der Waals surface area contributed by atoms with Crippen molar-refractivity contribution in [1.82, 2.24) is 0 Å². The highest BCUT2D eigenvalue weighted by atomic mass is 32.2. The van der Waals surface area contributed by atoms with Crippen LogP contribution in [0.15, 0.2) is 18.2 Å². The van der Waals surface area contributed by atoms with Gasteiger partial charge in [-0.1, -0.05) is 6.92 Å². The zero-order chi connectivity index (χ0) is 13.2. The quantitative estimate of drug-likeness (QED) is 0.904. The molecule has 0 spiro atoms. The molecule has 2 rings (SSSR count). The smallest absolute Gasteiger partial charge is 0.232 e. The normalized spacial score (nSPS) is 14.9. The van der Waals surface area contributed by atoms with E-state index in [2.05, 4.69) is 9.62 Å². The van der Waals surface area contributed by atoms with Crippen LogP contribution in [-0.4, -0.2) is 34.4 Å². The summed E-state index contributed by atoms with van der Waals surface area (Å²) < 4.78 is 31.5. The molecular formula is C12H18N2O3S. The molecule has 0 saturated heterocycles. The number of fused-ring (bicyclic) bond motifs is 1. The third-order valence-corrected chi connectivity index (χ3v) is 4.29. The molecule has 100 valence electrons. The Labute approximate surface area is 108 Å². The highest BCUT2D eigenvalue weighted by Crippen LogP contribution is 2.33. The molecule has 1 aliphatic heterocycles. The van der Waals surface area contributed by atoms with E-state index in [0.29, 0.717) is 18.7 Å². The SMILES string of the molecule is CCCS(=O)(=O)Nc1ccc2c(c1)N(C)CCO2. The lowest BCUT2D eigenvalue weighted by atomic mass is 10.2. The summed E-state index contributed by atoms with van der Waals surface area (Å²) in [4.78, 5) is 2.05. The molecule has 1 aliphatic rings. The molecule has 0 radical (unpaired) electrons. The summed E-state index contributed by atoms with van der Waals surface area (Å²) in [5, 5.41) is 0. The number of sulfonamides is 1. The monoisotopic (exact) mass is 270 g/mol. The average molecular weight is 270 g/mol. The van der Waals surface area contributed by atoms with Gasteiger partial charge in [0.25, 0.3) is 0 Å². The van der Waals surface area contributed by atoms with Crippen LogP contribution in [0.1, 0.15) is 13.3 Å². The fourth-order valence-electron chi connectivity index (χ4n) is 1.91. The largest absolute Gasteiger partial charge is 0.490 e. The first-order valence-corrected chi connectivity index (χ1v) is 7.65. The van der Waals surface area contributed by atoms with Gasteiger partial charge in [-0.2, -0.15) is 0 Å². The van der Waals surface area contributed by atoms with E-state index in [4.69, 9.17) is 4.74 Å². The van der Waals surface area contributed by atoms with Crippen molar-refractivity contribution in [1.29, 1.82) is 0 Å². The molecule has 0 bridgehead atoms. The van der Waals surface area contributed by atoms with Crippen LogP contribution < -0.4 is 14.4 Å². The third-order valence-electron chi connectivity index (χ3n) is 2.80. The van der Waals surface area contributed by atoms with Crippen LogP contribution in [0.25, 0.3) is 0 Å². The minimum atomic E-state index is -3.24. The molecule has 0 fully saturated rings. The molecular weight excluding hydrogens is 252 g/mol. The van der Waals surface area contributed by atoms with Gasteiger partial charge in [-0.15, -0.1) is 0 Å². The number of hydrogen-bond acceptors (Lipinski definition) is 4. The van der Waals surface area contributed by atoms with E-state index in [-0.39, 0.29) is 5.75 Å². The minimum absolute atomic E-state index is 0.135. The number of rotatable bonds is 4. The Morgan fingerprint density at radius 2 is 2.22 bits per heavy atom. The molecule has 0 unspecified atom stereocenters. The topological polar surface area (TPSA) is 58.6 Å². The fraction of sp³-hybridized carbons (Fsp3) is 0.500. The van der Waals surface area contributed by atoms with Crippen molar-refractivity contribution in [2.75, 3.05) is 35.6 Å². The van der Waals surface area contributed by atoms with Gasteiger partial charge in [0, 0.05) is 7.05 Å². The van der Waals surface area contributed by atoms with Gasteiger partial charge in [0.05, 0.1) is 23.7 Å². The predicted molar refractivity (Wildman–Crippen MR) is 72.9 cm³/mol. The molecule has 1 aromatic carbocycles. The van der Waals surface area contributed by atoms with Gasteiger partial charge in [0.1, 0.15) is 12.4 Å². The summed E-state index contributed by atoms with van der Waals surface area (Å²) in [6.45, 7) is 3.30. The molecule has 0 atom stereocenters. The first kappa shape index (κ1) is 13.0. The maximum atomic E-state index is 11.7. The van der Waals surface area contributed by atoms with Crippen molar-refractivity contribution >= 4 is 21.4 Å². The number of hydrogen-bond donors (Lipinski definition) is 1.